The van der Waals surface area contributed by atoms with Gasteiger partial charge in [0.2, 0.25) is 0 Å². The summed E-state index contributed by atoms with van der Waals surface area (Å²) in [4.78, 5) is 26.5. The SMILES string of the molecule is CCOc1cc(/C=C2/NC(=O)N(Cc3ccc(Br)cc3)C2=O)ccc1OCc1ccc(Cl)cc1Cl. The number of nitrogens with one attached hydrogen (secondary N) is 1. The van der Waals surface area contributed by atoms with Crippen molar-refractivity contribution in [2.24, 2.45) is 0 Å². The van der Waals surface area contributed by atoms with Crippen LogP contribution in [0.15, 0.2) is 70.8 Å². The number of nitrogens with zero attached hydrogens (tertiary/aromatic N) is 1. The van der Waals surface area contributed by atoms with Crippen LogP contribution in [-0.2, 0) is 17.9 Å². The second-order valence-electron chi connectivity index (χ2n) is 7.67. The molecule has 3 aromatic rings. The second-order valence-corrected chi connectivity index (χ2v) is 9.43. The summed E-state index contributed by atoms with van der Waals surface area (Å²) in [6, 6.07) is 17.5. The van der Waals surface area contributed by atoms with Crippen LogP contribution in [0.3, 0.4) is 0 Å². The highest BCUT2D eigenvalue weighted by Gasteiger charge is 2.33. The number of urea groups is 1. The van der Waals surface area contributed by atoms with Gasteiger partial charge in [-0.1, -0.05) is 63.4 Å². The van der Waals surface area contributed by atoms with Gasteiger partial charge in [0.1, 0.15) is 12.3 Å². The second kappa shape index (κ2) is 11.2. The van der Waals surface area contributed by atoms with Gasteiger partial charge < -0.3 is 14.8 Å². The molecule has 4 rings (SSSR count). The van der Waals surface area contributed by atoms with E-state index in [1.54, 1.807) is 42.5 Å². The number of hydrogen-bond acceptors (Lipinski definition) is 4. The predicted octanol–water partition coefficient (Wildman–Crippen LogP) is 6.83. The fourth-order valence-electron chi connectivity index (χ4n) is 3.45. The van der Waals surface area contributed by atoms with E-state index in [1.165, 1.54) is 4.90 Å². The first-order valence-electron chi connectivity index (χ1n) is 10.8. The number of benzene rings is 3. The molecule has 0 aromatic heterocycles. The highest BCUT2D eigenvalue weighted by molar-refractivity contribution is 9.10. The van der Waals surface area contributed by atoms with Gasteiger partial charge in [0.25, 0.3) is 5.91 Å². The van der Waals surface area contributed by atoms with Crippen molar-refractivity contribution in [2.45, 2.75) is 20.1 Å². The molecule has 0 unspecified atom stereocenters. The van der Waals surface area contributed by atoms with Crippen LogP contribution >= 0.6 is 39.1 Å². The van der Waals surface area contributed by atoms with E-state index in [1.807, 2.05) is 31.2 Å². The van der Waals surface area contributed by atoms with E-state index in [0.717, 1.165) is 15.6 Å². The third-order valence-electron chi connectivity index (χ3n) is 5.19. The molecule has 180 valence electrons. The molecule has 0 aliphatic carbocycles. The molecule has 3 amide bonds. The maximum absolute atomic E-state index is 12.9. The Labute approximate surface area is 221 Å². The lowest BCUT2D eigenvalue weighted by Gasteiger charge is -2.13. The minimum atomic E-state index is -0.464. The zero-order valence-electron chi connectivity index (χ0n) is 18.7. The summed E-state index contributed by atoms with van der Waals surface area (Å²) in [7, 11) is 0. The molecule has 1 aliphatic heterocycles. The van der Waals surface area contributed by atoms with Crippen molar-refractivity contribution in [3.05, 3.63) is 97.6 Å². The van der Waals surface area contributed by atoms with Crippen molar-refractivity contribution < 1.29 is 19.1 Å². The lowest BCUT2D eigenvalue weighted by Crippen LogP contribution is -2.30. The van der Waals surface area contributed by atoms with Crippen LogP contribution in [0.1, 0.15) is 23.6 Å². The Morgan fingerprint density at radius 1 is 0.971 bits per heavy atom. The lowest BCUT2D eigenvalue weighted by molar-refractivity contribution is -0.123. The Bertz CT molecular complexity index is 1300. The first kappa shape index (κ1) is 25.1. The molecule has 1 fully saturated rings. The number of rotatable bonds is 8. The average Bonchev–Trinajstić information content (AvgIpc) is 3.08. The maximum atomic E-state index is 12.9. The zero-order valence-corrected chi connectivity index (χ0v) is 21.8. The van der Waals surface area contributed by atoms with E-state index in [2.05, 4.69) is 21.2 Å². The first-order chi connectivity index (χ1) is 16.8. The van der Waals surface area contributed by atoms with Gasteiger partial charge in [-0.25, -0.2) is 4.79 Å². The summed E-state index contributed by atoms with van der Waals surface area (Å²) in [5.41, 5.74) is 2.50. The summed E-state index contributed by atoms with van der Waals surface area (Å²) >= 11 is 15.6. The van der Waals surface area contributed by atoms with E-state index in [0.29, 0.717) is 33.7 Å². The number of halogens is 3. The quantitative estimate of drug-likeness (QED) is 0.236. The highest BCUT2D eigenvalue weighted by Crippen LogP contribution is 2.31. The van der Waals surface area contributed by atoms with Gasteiger partial charge >= 0.3 is 6.03 Å². The molecule has 3 aromatic carbocycles. The van der Waals surface area contributed by atoms with Crippen molar-refractivity contribution >= 4 is 57.1 Å². The van der Waals surface area contributed by atoms with Crippen LogP contribution in [-0.4, -0.2) is 23.4 Å². The van der Waals surface area contributed by atoms with Crippen molar-refractivity contribution in [3.63, 3.8) is 0 Å². The minimum Gasteiger partial charge on any atom is -0.490 e. The van der Waals surface area contributed by atoms with Gasteiger partial charge in [-0.3, -0.25) is 9.69 Å². The maximum Gasteiger partial charge on any atom is 0.329 e. The number of carbonyl (C=O) groups is 2. The predicted molar refractivity (Wildman–Crippen MR) is 140 cm³/mol. The molecule has 1 N–H and O–H groups in total. The smallest absolute Gasteiger partial charge is 0.329 e. The van der Waals surface area contributed by atoms with Gasteiger partial charge in [0.15, 0.2) is 11.5 Å². The van der Waals surface area contributed by atoms with Crippen LogP contribution < -0.4 is 14.8 Å². The average molecular weight is 576 g/mol. The Hall–Kier alpha value is -3.00. The van der Waals surface area contributed by atoms with Gasteiger partial charge in [0.05, 0.1) is 13.2 Å². The largest absolute Gasteiger partial charge is 0.490 e. The van der Waals surface area contributed by atoms with Crippen molar-refractivity contribution in [1.29, 1.82) is 0 Å². The Kier molecular flexibility index (Phi) is 8.00. The van der Waals surface area contributed by atoms with Crippen LogP contribution in [0, 0.1) is 0 Å². The van der Waals surface area contributed by atoms with E-state index in [9.17, 15) is 9.59 Å². The Morgan fingerprint density at radius 2 is 1.74 bits per heavy atom. The van der Waals surface area contributed by atoms with Crippen molar-refractivity contribution in [1.82, 2.24) is 10.2 Å². The standard InChI is InChI=1S/C26H21BrCl2N2O4/c1-2-34-24-12-17(5-10-23(24)35-15-18-6-9-20(28)13-21(18)29)11-22-25(32)31(26(33)30-22)14-16-3-7-19(27)8-4-16/h3-13H,2,14-15H2,1H3,(H,30,33)/b22-11+. The van der Waals surface area contributed by atoms with Gasteiger partial charge in [-0.05, 0) is 60.5 Å². The van der Waals surface area contributed by atoms with Gasteiger partial charge in [-0.2, -0.15) is 0 Å². The molecular formula is C26H21BrCl2N2O4. The number of carbonyl (C=O) groups excluding carboxylic acids is 2. The molecule has 1 saturated heterocycles. The fourth-order valence-corrected chi connectivity index (χ4v) is 4.18. The number of ether oxygens (including phenoxy) is 2. The summed E-state index contributed by atoms with van der Waals surface area (Å²) < 4.78 is 12.6. The third kappa shape index (κ3) is 6.17. The number of amides is 3. The summed E-state index contributed by atoms with van der Waals surface area (Å²) in [5, 5.41) is 3.71. The Balaban J connectivity index is 1.50. The summed E-state index contributed by atoms with van der Waals surface area (Å²) in [5.74, 6) is 0.641. The van der Waals surface area contributed by atoms with E-state index < -0.39 is 11.9 Å². The fraction of sp³-hybridized carbons (Fsp3) is 0.154. The molecule has 9 heteroatoms. The summed E-state index contributed by atoms with van der Waals surface area (Å²) in [6.45, 7) is 2.70. The van der Waals surface area contributed by atoms with Gasteiger partial charge in [0, 0.05) is 20.1 Å². The minimum absolute atomic E-state index is 0.180. The van der Waals surface area contributed by atoms with E-state index >= 15 is 0 Å². The number of hydrogen-bond donors (Lipinski definition) is 1. The molecule has 0 spiro atoms. The number of imide groups is 1. The molecule has 0 atom stereocenters. The highest BCUT2D eigenvalue weighted by atomic mass is 79.9. The molecular weight excluding hydrogens is 555 g/mol. The van der Waals surface area contributed by atoms with E-state index in [4.69, 9.17) is 32.7 Å². The van der Waals surface area contributed by atoms with Crippen LogP contribution in [0.4, 0.5) is 4.79 Å². The zero-order chi connectivity index (χ0) is 24.9. The van der Waals surface area contributed by atoms with Crippen molar-refractivity contribution in [2.75, 3.05) is 6.61 Å². The van der Waals surface area contributed by atoms with Crippen LogP contribution in [0.5, 0.6) is 11.5 Å². The van der Waals surface area contributed by atoms with Gasteiger partial charge in [-0.15, -0.1) is 0 Å². The Morgan fingerprint density at radius 3 is 2.46 bits per heavy atom. The molecule has 35 heavy (non-hydrogen) atoms. The molecule has 1 heterocycles. The van der Waals surface area contributed by atoms with Crippen molar-refractivity contribution in [3.8, 4) is 11.5 Å². The summed E-state index contributed by atoms with van der Waals surface area (Å²) in [6.07, 6.45) is 1.62. The van der Waals surface area contributed by atoms with Crippen LogP contribution in [0.25, 0.3) is 6.08 Å². The molecule has 0 bridgehead atoms. The molecule has 1 aliphatic rings. The third-order valence-corrected chi connectivity index (χ3v) is 6.31. The lowest BCUT2D eigenvalue weighted by atomic mass is 10.1. The van der Waals surface area contributed by atoms with Crippen LogP contribution in [0.2, 0.25) is 10.0 Å². The normalized spacial score (nSPS) is 14.4. The molecule has 6 nitrogen and oxygen atoms in total. The topological polar surface area (TPSA) is 67.9 Å². The molecule has 0 saturated carbocycles. The monoisotopic (exact) mass is 574 g/mol. The first-order valence-corrected chi connectivity index (χ1v) is 12.3. The van der Waals surface area contributed by atoms with E-state index in [-0.39, 0.29) is 18.8 Å². The molecule has 0 radical (unpaired) electrons.